The number of carbonyl (C=O) groups is 1. The van der Waals surface area contributed by atoms with E-state index in [0.717, 1.165) is 54.6 Å². The summed E-state index contributed by atoms with van der Waals surface area (Å²) in [7, 11) is 3.40. The first kappa shape index (κ1) is 28.4. The van der Waals surface area contributed by atoms with Crippen LogP contribution < -0.4 is 20.9 Å². The second-order valence-corrected chi connectivity index (χ2v) is 10.5. The number of methoxy groups -OCH3 is 1. The Bertz CT molecular complexity index is 1400. The zero-order valence-electron chi connectivity index (χ0n) is 23.7. The largest absolute Gasteiger partial charge is 0.674 e. The van der Waals surface area contributed by atoms with E-state index in [2.05, 4.69) is 38.1 Å². The Kier molecular flexibility index (Phi) is 9.14. The normalized spacial score (nSPS) is 15.9. The number of amides is 1. The molecule has 9 heteroatoms. The topological polar surface area (TPSA) is 115 Å². The van der Waals surface area contributed by atoms with Crippen LogP contribution in [0, 0.1) is 19.8 Å². The molecule has 9 nitrogen and oxygen atoms in total. The fourth-order valence-corrected chi connectivity index (χ4v) is 5.94. The molecule has 0 bridgehead atoms. The van der Waals surface area contributed by atoms with Gasteiger partial charge in [-0.25, -0.2) is 0 Å². The van der Waals surface area contributed by atoms with Gasteiger partial charge in [0, 0.05) is 41.9 Å². The Hall–Kier alpha value is -3.56. The lowest BCUT2D eigenvalue weighted by atomic mass is 9.89. The van der Waals surface area contributed by atoms with E-state index in [1.165, 1.54) is 7.11 Å². The van der Waals surface area contributed by atoms with Crippen LogP contribution >= 0.6 is 0 Å². The Morgan fingerprint density at radius 1 is 1.26 bits per heavy atom. The second-order valence-electron chi connectivity index (χ2n) is 10.5. The molecular formula is C30H41N6O3-. The van der Waals surface area contributed by atoms with Gasteiger partial charge in [0.2, 0.25) is 0 Å². The van der Waals surface area contributed by atoms with Gasteiger partial charge in [-0.05, 0) is 71.0 Å². The van der Waals surface area contributed by atoms with Gasteiger partial charge in [-0.15, -0.1) is 6.54 Å². The Balaban J connectivity index is 1.54. The molecule has 4 rings (SSSR count). The number of aromatic amines is 1. The number of hydrogen-bond donors (Lipinski definition) is 3. The number of H-pyrrole nitrogens is 1. The highest BCUT2D eigenvalue weighted by Crippen LogP contribution is 2.36. The number of nitrogens with one attached hydrogen (secondary N) is 4. The average molecular weight is 534 g/mol. The number of piperidine rings is 1. The Morgan fingerprint density at radius 3 is 2.64 bits per heavy atom. The summed E-state index contributed by atoms with van der Waals surface area (Å²) in [6.07, 6.45) is 4.07. The summed E-state index contributed by atoms with van der Waals surface area (Å²) in [4.78, 5) is 31.3. The standard InChI is InChI=1S/C30H41N6O3/c1-19-14-27(39-5)25(29(37)34-19)17-33-30(38)28-21(3)36(26-9-7-6-8-24(26)28)20(2)23-10-12-35(13-11-23)18-22(15-31)16-32-4/h6-9,14,16,20,23,31-32H,10-13,15,17-18H2,1-5H3,(H,33,38)(H,34,37)/q-1/b22-16+/t20-/m1/s1. The molecule has 1 aromatic carbocycles. The average Bonchev–Trinajstić information content (AvgIpc) is 3.23. The highest BCUT2D eigenvalue weighted by atomic mass is 16.5. The van der Waals surface area contributed by atoms with E-state index in [-0.39, 0.29) is 24.1 Å². The third kappa shape index (κ3) is 6.04. The summed E-state index contributed by atoms with van der Waals surface area (Å²) in [5.74, 6) is 0.743. The van der Waals surface area contributed by atoms with Crippen LogP contribution in [0.1, 0.15) is 53.1 Å². The van der Waals surface area contributed by atoms with Crippen molar-refractivity contribution in [1.29, 1.82) is 0 Å². The fourth-order valence-electron chi connectivity index (χ4n) is 5.94. The number of carbonyl (C=O) groups excluding carboxylic acids is 1. The van der Waals surface area contributed by atoms with Gasteiger partial charge in [-0.1, -0.05) is 23.8 Å². The molecule has 0 aliphatic carbocycles. The Morgan fingerprint density at radius 2 is 1.97 bits per heavy atom. The van der Waals surface area contributed by atoms with Crippen LogP contribution in [0.3, 0.4) is 0 Å². The van der Waals surface area contributed by atoms with Gasteiger partial charge < -0.3 is 30.7 Å². The van der Waals surface area contributed by atoms with E-state index in [4.69, 9.17) is 10.5 Å². The lowest BCUT2D eigenvalue weighted by Gasteiger charge is -2.36. The summed E-state index contributed by atoms with van der Waals surface area (Å²) < 4.78 is 7.71. The summed E-state index contributed by atoms with van der Waals surface area (Å²) in [5, 5.41) is 6.94. The number of pyridine rings is 1. The number of likely N-dealkylation sites (tertiary alicyclic amines) is 1. The van der Waals surface area contributed by atoms with Gasteiger partial charge in [0.25, 0.3) is 11.5 Å². The summed E-state index contributed by atoms with van der Waals surface area (Å²) >= 11 is 0. The number of benzene rings is 1. The van der Waals surface area contributed by atoms with Crippen molar-refractivity contribution in [2.45, 2.75) is 46.2 Å². The molecule has 2 aromatic heterocycles. The Labute approximate surface area is 230 Å². The lowest BCUT2D eigenvalue weighted by molar-refractivity contribution is 0.0951. The maximum atomic E-state index is 13.6. The van der Waals surface area contributed by atoms with Crippen LogP contribution in [0.25, 0.3) is 16.6 Å². The summed E-state index contributed by atoms with van der Waals surface area (Å²) in [6, 6.07) is 10.0. The zero-order valence-corrected chi connectivity index (χ0v) is 23.7. The highest BCUT2D eigenvalue weighted by molar-refractivity contribution is 6.08. The molecule has 210 valence electrons. The minimum atomic E-state index is -0.262. The molecule has 0 radical (unpaired) electrons. The van der Waals surface area contributed by atoms with Crippen molar-refractivity contribution in [3.8, 4) is 5.75 Å². The highest BCUT2D eigenvalue weighted by Gasteiger charge is 2.29. The van der Waals surface area contributed by atoms with Crippen LogP contribution in [0.4, 0.5) is 0 Å². The van der Waals surface area contributed by atoms with Crippen molar-refractivity contribution in [2.75, 3.05) is 40.3 Å². The monoisotopic (exact) mass is 533 g/mol. The number of hydrogen-bond acceptors (Lipinski definition) is 5. The molecule has 1 aliphatic heterocycles. The number of rotatable bonds is 10. The lowest BCUT2D eigenvalue weighted by Crippen LogP contribution is -2.37. The van der Waals surface area contributed by atoms with E-state index in [0.29, 0.717) is 35.0 Å². The molecule has 3 aromatic rings. The van der Waals surface area contributed by atoms with Crippen molar-refractivity contribution in [3.05, 3.63) is 80.7 Å². The molecule has 1 atom stereocenters. The number of nitrogens with zero attached hydrogens (tertiary/aromatic N) is 2. The van der Waals surface area contributed by atoms with Gasteiger partial charge in [0.1, 0.15) is 5.75 Å². The second kappa shape index (κ2) is 12.5. The van der Waals surface area contributed by atoms with Crippen molar-refractivity contribution >= 4 is 16.8 Å². The van der Waals surface area contributed by atoms with E-state index in [9.17, 15) is 9.59 Å². The van der Waals surface area contributed by atoms with Crippen LogP contribution in [0.2, 0.25) is 0 Å². The molecule has 0 spiro atoms. The van der Waals surface area contributed by atoms with Gasteiger partial charge in [-0.2, -0.15) is 0 Å². The zero-order chi connectivity index (χ0) is 28.1. The molecule has 3 heterocycles. The third-order valence-corrected chi connectivity index (χ3v) is 7.98. The summed E-state index contributed by atoms with van der Waals surface area (Å²) in [5.41, 5.74) is 12.3. The van der Waals surface area contributed by atoms with Crippen LogP contribution in [-0.4, -0.2) is 60.7 Å². The van der Waals surface area contributed by atoms with Crippen molar-refractivity contribution in [2.24, 2.45) is 5.92 Å². The minimum Gasteiger partial charge on any atom is -0.674 e. The third-order valence-electron chi connectivity index (χ3n) is 7.98. The molecule has 4 N–H and O–H groups in total. The van der Waals surface area contributed by atoms with Crippen molar-refractivity contribution in [3.63, 3.8) is 0 Å². The summed E-state index contributed by atoms with van der Waals surface area (Å²) in [6.45, 7) is 9.27. The fraction of sp³-hybridized carbons (Fsp3) is 0.467. The van der Waals surface area contributed by atoms with Crippen LogP contribution in [-0.2, 0) is 6.54 Å². The predicted molar refractivity (Wildman–Crippen MR) is 156 cm³/mol. The van der Waals surface area contributed by atoms with Gasteiger partial charge in [0.15, 0.2) is 0 Å². The minimum absolute atomic E-state index is 0.0763. The van der Waals surface area contributed by atoms with Crippen LogP contribution in [0.5, 0.6) is 5.75 Å². The van der Waals surface area contributed by atoms with E-state index < -0.39 is 0 Å². The molecule has 0 saturated carbocycles. The predicted octanol–water partition coefficient (Wildman–Crippen LogP) is 4.31. The van der Waals surface area contributed by atoms with E-state index in [1.807, 2.05) is 38.4 Å². The first-order valence-electron chi connectivity index (χ1n) is 13.7. The first-order chi connectivity index (χ1) is 18.8. The number of para-hydroxylation sites is 1. The van der Waals surface area contributed by atoms with Crippen molar-refractivity contribution in [1.82, 2.24) is 25.1 Å². The number of aryl methyl sites for hydroxylation is 1. The maximum absolute atomic E-state index is 13.6. The molecule has 39 heavy (non-hydrogen) atoms. The number of fused-ring (bicyclic) bond motifs is 1. The molecular weight excluding hydrogens is 492 g/mol. The number of aromatic nitrogens is 2. The first-order valence-corrected chi connectivity index (χ1v) is 13.7. The molecule has 1 amide bonds. The SMILES string of the molecule is CN/C=C(\C[NH-])CN1CCC([C@@H](C)n2c(C)c(C(=O)NCc3c(OC)cc(C)[nH]c3=O)c3ccccc32)CC1. The molecule has 0 unspecified atom stereocenters. The quantitative estimate of drug-likeness (QED) is 0.359. The molecule has 1 saturated heterocycles. The molecule has 1 fully saturated rings. The van der Waals surface area contributed by atoms with Gasteiger partial charge in [0.05, 0.1) is 24.8 Å². The van der Waals surface area contributed by atoms with Gasteiger partial charge in [-0.3, -0.25) is 14.5 Å². The van der Waals surface area contributed by atoms with Crippen molar-refractivity contribution < 1.29 is 9.53 Å². The van der Waals surface area contributed by atoms with Crippen LogP contribution in [0.15, 0.2) is 46.9 Å². The smallest absolute Gasteiger partial charge is 0.256 e. The van der Waals surface area contributed by atoms with E-state index >= 15 is 0 Å². The molecule has 1 aliphatic rings. The van der Waals surface area contributed by atoms with E-state index in [1.54, 1.807) is 13.0 Å². The number of ether oxygens (including phenoxy) is 1. The maximum Gasteiger partial charge on any atom is 0.256 e. The van der Waals surface area contributed by atoms with Gasteiger partial charge >= 0.3 is 0 Å².